The molecular formula is C35H38FNO4. The molecule has 2 heterocycles. The molecule has 0 aromatic heterocycles. The van der Waals surface area contributed by atoms with Gasteiger partial charge in [-0.3, -0.25) is 9.59 Å². The molecule has 3 atom stereocenters. The summed E-state index contributed by atoms with van der Waals surface area (Å²) in [5, 5.41) is 0. The molecular weight excluding hydrogens is 517 g/mol. The van der Waals surface area contributed by atoms with Gasteiger partial charge in [0, 0.05) is 31.5 Å². The van der Waals surface area contributed by atoms with E-state index >= 15 is 4.39 Å². The van der Waals surface area contributed by atoms with E-state index in [1.165, 1.54) is 18.2 Å². The second-order valence-electron chi connectivity index (χ2n) is 12.1. The second-order valence-corrected chi connectivity index (χ2v) is 12.1. The number of carbonyl (C=O) groups excluding carboxylic acids is 2. The quantitative estimate of drug-likeness (QED) is 0.367. The number of nitrogens with zero attached hydrogens (tertiary/aromatic N) is 1. The molecule has 2 unspecified atom stereocenters. The number of esters is 1. The van der Waals surface area contributed by atoms with Gasteiger partial charge in [-0.1, -0.05) is 24.3 Å². The van der Waals surface area contributed by atoms with Gasteiger partial charge in [-0.05, 0) is 114 Å². The number of likely N-dealkylation sites (N-methyl/N-ethyl adjacent to an activating group) is 1. The van der Waals surface area contributed by atoms with E-state index in [1.807, 2.05) is 13.1 Å². The van der Waals surface area contributed by atoms with Crippen LogP contribution in [0.5, 0.6) is 0 Å². The Bertz CT molecular complexity index is 1490. The molecule has 1 fully saturated rings. The smallest absolute Gasteiger partial charge is 0.305 e. The van der Waals surface area contributed by atoms with E-state index in [9.17, 15) is 9.59 Å². The summed E-state index contributed by atoms with van der Waals surface area (Å²) in [6, 6.07) is 7.95. The third-order valence-electron chi connectivity index (χ3n) is 9.52. The van der Waals surface area contributed by atoms with Gasteiger partial charge in [-0.15, -0.1) is 0 Å². The zero-order valence-corrected chi connectivity index (χ0v) is 24.4. The average molecular weight is 556 g/mol. The van der Waals surface area contributed by atoms with E-state index in [1.54, 1.807) is 17.0 Å². The lowest BCUT2D eigenvalue weighted by Crippen LogP contribution is -2.29. The lowest BCUT2D eigenvalue weighted by atomic mass is 9.82. The summed E-state index contributed by atoms with van der Waals surface area (Å²) in [5.74, 6) is 1.17. The van der Waals surface area contributed by atoms with Crippen LogP contribution < -0.4 is 0 Å². The van der Waals surface area contributed by atoms with Crippen LogP contribution in [0.15, 0.2) is 53.8 Å². The average Bonchev–Trinajstić information content (AvgIpc) is 3.55. The summed E-state index contributed by atoms with van der Waals surface area (Å²) in [4.78, 5) is 25.8. The number of carbonyl (C=O) groups is 2. The summed E-state index contributed by atoms with van der Waals surface area (Å²) in [5.41, 5.74) is 9.94. The Morgan fingerprint density at radius 1 is 1.15 bits per heavy atom. The molecule has 41 heavy (non-hydrogen) atoms. The first kappa shape index (κ1) is 27.5. The fourth-order valence-corrected chi connectivity index (χ4v) is 7.34. The molecule has 1 saturated heterocycles. The highest BCUT2D eigenvalue weighted by molar-refractivity contribution is 5.97. The van der Waals surface area contributed by atoms with Crippen molar-refractivity contribution in [2.24, 2.45) is 11.8 Å². The van der Waals surface area contributed by atoms with Crippen molar-refractivity contribution in [3.63, 3.8) is 0 Å². The lowest BCUT2D eigenvalue weighted by molar-refractivity contribution is -0.142. The van der Waals surface area contributed by atoms with Crippen LogP contribution in [0.3, 0.4) is 0 Å². The highest BCUT2D eigenvalue weighted by atomic mass is 19.1. The van der Waals surface area contributed by atoms with E-state index in [2.05, 4.69) is 38.1 Å². The van der Waals surface area contributed by atoms with E-state index < -0.39 is 0 Å². The van der Waals surface area contributed by atoms with Crippen LogP contribution in [0.1, 0.15) is 65.8 Å². The Morgan fingerprint density at radius 2 is 1.93 bits per heavy atom. The Labute approximate surface area is 241 Å². The molecule has 2 aromatic rings. The van der Waals surface area contributed by atoms with Crippen molar-refractivity contribution in [3.05, 3.63) is 87.5 Å². The molecule has 2 aromatic carbocycles. The molecule has 6 rings (SSSR count). The van der Waals surface area contributed by atoms with Crippen LogP contribution in [0.25, 0.3) is 16.7 Å². The molecule has 0 bridgehead atoms. The molecule has 6 heteroatoms. The maximum absolute atomic E-state index is 15.4. The monoisotopic (exact) mass is 555 g/mol. The van der Waals surface area contributed by atoms with Gasteiger partial charge in [0.05, 0.1) is 20.1 Å². The zero-order valence-electron chi connectivity index (χ0n) is 24.4. The summed E-state index contributed by atoms with van der Waals surface area (Å²) in [7, 11) is 3.26. The maximum Gasteiger partial charge on any atom is 0.305 e. The van der Waals surface area contributed by atoms with Crippen molar-refractivity contribution >= 4 is 17.4 Å². The summed E-state index contributed by atoms with van der Waals surface area (Å²) < 4.78 is 26.3. The number of benzene rings is 2. The van der Waals surface area contributed by atoms with Gasteiger partial charge in [0.2, 0.25) is 5.91 Å². The third-order valence-corrected chi connectivity index (χ3v) is 9.52. The fraction of sp³-hybridized carbons (Fsp3) is 0.429. The number of hydrogen-bond acceptors (Lipinski definition) is 4. The highest BCUT2D eigenvalue weighted by Gasteiger charge is 2.37. The van der Waals surface area contributed by atoms with Crippen LogP contribution >= 0.6 is 0 Å². The number of rotatable bonds is 6. The SMILES string of the molecule is COC(=O)C[C@@H]1COC2=CC(CC3CCc4c(-c5c(C)cc(C6=CC(=O)N(C)CC6)cc5C)ccc(F)c43)=CCC21. The largest absolute Gasteiger partial charge is 0.497 e. The van der Waals surface area contributed by atoms with E-state index in [4.69, 9.17) is 9.47 Å². The van der Waals surface area contributed by atoms with E-state index in [0.29, 0.717) is 13.0 Å². The Balaban J connectivity index is 1.25. The van der Waals surface area contributed by atoms with Crippen molar-refractivity contribution in [1.82, 2.24) is 4.90 Å². The number of aryl methyl sites for hydroxylation is 2. The number of halogens is 1. The summed E-state index contributed by atoms with van der Waals surface area (Å²) >= 11 is 0. The minimum Gasteiger partial charge on any atom is -0.497 e. The van der Waals surface area contributed by atoms with Gasteiger partial charge in [0.25, 0.3) is 0 Å². The molecule has 5 nitrogen and oxygen atoms in total. The van der Waals surface area contributed by atoms with Gasteiger partial charge in [-0.25, -0.2) is 4.39 Å². The van der Waals surface area contributed by atoms with Crippen molar-refractivity contribution < 1.29 is 23.5 Å². The minimum atomic E-state index is -0.197. The molecule has 2 aliphatic heterocycles. The Morgan fingerprint density at radius 3 is 2.66 bits per heavy atom. The fourth-order valence-electron chi connectivity index (χ4n) is 7.34. The number of amides is 1. The number of hydrogen-bond donors (Lipinski definition) is 0. The summed E-state index contributed by atoms with van der Waals surface area (Å²) in [6.45, 7) is 5.51. The van der Waals surface area contributed by atoms with Crippen molar-refractivity contribution in [2.75, 3.05) is 27.3 Å². The Hall–Kier alpha value is -3.67. The molecule has 1 amide bonds. The molecule has 0 radical (unpaired) electrons. The van der Waals surface area contributed by atoms with Crippen molar-refractivity contribution in [3.8, 4) is 11.1 Å². The Kier molecular flexibility index (Phi) is 7.35. The highest BCUT2D eigenvalue weighted by Crippen LogP contribution is 2.47. The summed E-state index contributed by atoms with van der Waals surface area (Å²) in [6.07, 6.45) is 10.7. The number of fused-ring (bicyclic) bond motifs is 2. The minimum absolute atomic E-state index is 0.0489. The van der Waals surface area contributed by atoms with Crippen LogP contribution in [0, 0.1) is 31.5 Å². The standard InChI is InChI=1S/C35H38FNO4/c1-20-13-25(23-11-12-37(3)32(38)17-23)14-21(2)34(20)28-9-10-30(36)35-24(6-8-29(28)35)15-22-5-7-27-26(18-33(39)40-4)19-41-31(27)16-22/h5,9-10,13-14,16-17,24,26-27H,6-8,11-12,15,18-19H2,1-4H3/t24?,26-,27?/m1/s1. The molecule has 0 spiro atoms. The van der Waals surface area contributed by atoms with E-state index in [-0.39, 0.29) is 35.4 Å². The van der Waals surface area contributed by atoms with Crippen LogP contribution in [-0.2, 0) is 25.5 Å². The van der Waals surface area contributed by atoms with Crippen LogP contribution in [0.4, 0.5) is 4.39 Å². The zero-order chi connectivity index (χ0) is 28.8. The molecule has 4 aliphatic rings. The molecule has 214 valence electrons. The topological polar surface area (TPSA) is 55.8 Å². The normalized spacial score (nSPS) is 23.3. The number of methoxy groups -OCH3 is 1. The first-order valence-electron chi connectivity index (χ1n) is 14.7. The van der Waals surface area contributed by atoms with Crippen molar-refractivity contribution in [1.29, 1.82) is 0 Å². The number of ether oxygens (including phenoxy) is 2. The van der Waals surface area contributed by atoms with E-state index in [0.717, 1.165) is 83.4 Å². The predicted molar refractivity (Wildman–Crippen MR) is 158 cm³/mol. The van der Waals surface area contributed by atoms with Gasteiger partial charge in [-0.2, -0.15) is 0 Å². The van der Waals surface area contributed by atoms with Crippen LogP contribution in [0.2, 0.25) is 0 Å². The van der Waals surface area contributed by atoms with Gasteiger partial charge >= 0.3 is 5.97 Å². The first-order valence-corrected chi connectivity index (χ1v) is 14.7. The van der Waals surface area contributed by atoms with Gasteiger partial charge in [0.15, 0.2) is 0 Å². The second kappa shape index (κ2) is 11.0. The lowest BCUT2D eigenvalue weighted by Gasteiger charge is -2.24. The van der Waals surface area contributed by atoms with Crippen molar-refractivity contribution in [2.45, 2.75) is 58.3 Å². The third kappa shape index (κ3) is 5.13. The van der Waals surface area contributed by atoms with Crippen LogP contribution in [-0.4, -0.2) is 44.1 Å². The van der Waals surface area contributed by atoms with Gasteiger partial charge in [0.1, 0.15) is 11.6 Å². The molecule has 2 aliphatic carbocycles. The first-order chi connectivity index (χ1) is 19.7. The maximum atomic E-state index is 15.4. The van der Waals surface area contributed by atoms with Gasteiger partial charge < -0.3 is 14.4 Å². The molecule has 0 N–H and O–H groups in total. The predicted octanol–water partition coefficient (Wildman–Crippen LogP) is 6.81. The molecule has 0 saturated carbocycles. The number of allylic oxidation sites excluding steroid dienone is 4.